The SMILES string of the molecule is Cc1ccc(Oc2ccc(OC(C)C(=O)O)cc2)cc1. The molecule has 2 aromatic rings. The van der Waals surface area contributed by atoms with E-state index in [0.717, 1.165) is 5.75 Å². The predicted molar refractivity (Wildman–Crippen MR) is 75.4 cm³/mol. The lowest BCUT2D eigenvalue weighted by molar-refractivity contribution is -0.144. The number of rotatable bonds is 5. The number of hydrogen-bond acceptors (Lipinski definition) is 3. The Morgan fingerprint density at radius 1 is 0.950 bits per heavy atom. The molecule has 2 aromatic carbocycles. The Bertz CT molecular complexity index is 572. The molecule has 0 bridgehead atoms. The largest absolute Gasteiger partial charge is 0.479 e. The molecular formula is C16H16O4. The molecule has 2 rings (SSSR count). The zero-order valence-corrected chi connectivity index (χ0v) is 11.4. The van der Waals surface area contributed by atoms with Crippen LogP contribution >= 0.6 is 0 Å². The van der Waals surface area contributed by atoms with Crippen molar-refractivity contribution in [2.75, 3.05) is 0 Å². The quantitative estimate of drug-likeness (QED) is 0.902. The number of carboxylic acids is 1. The van der Waals surface area contributed by atoms with Crippen LogP contribution in [0.5, 0.6) is 17.2 Å². The van der Waals surface area contributed by atoms with Gasteiger partial charge in [0.05, 0.1) is 0 Å². The summed E-state index contributed by atoms with van der Waals surface area (Å²) in [5, 5.41) is 8.77. The Balaban J connectivity index is 2.01. The van der Waals surface area contributed by atoms with Gasteiger partial charge in [-0.2, -0.15) is 0 Å². The highest BCUT2D eigenvalue weighted by Crippen LogP contribution is 2.24. The van der Waals surface area contributed by atoms with Gasteiger partial charge < -0.3 is 14.6 Å². The maximum absolute atomic E-state index is 10.7. The number of benzene rings is 2. The summed E-state index contributed by atoms with van der Waals surface area (Å²) >= 11 is 0. The molecule has 1 atom stereocenters. The number of aliphatic carboxylic acids is 1. The first-order chi connectivity index (χ1) is 9.54. The lowest BCUT2D eigenvalue weighted by atomic mass is 10.2. The number of carboxylic acid groups (broad SMARTS) is 1. The summed E-state index contributed by atoms with van der Waals surface area (Å²) in [4.78, 5) is 10.7. The Kier molecular flexibility index (Phi) is 4.25. The molecule has 0 aliphatic carbocycles. The fraction of sp³-hybridized carbons (Fsp3) is 0.188. The van der Waals surface area contributed by atoms with E-state index < -0.39 is 12.1 Å². The van der Waals surface area contributed by atoms with Gasteiger partial charge in [0.2, 0.25) is 0 Å². The smallest absolute Gasteiger partial charge is 0.344 e. The van der Waals surface area contributed by atoms with E-state index >= 15 is 0 Å². The molecule has 20 heavy (non-hydrogen) atoms. The van der Waals surface area contributed by atoms with E-state index in [0.29, 0.717) is 11.5 Å². The van der Waals surface area contributed by atoms with Gasteiger partial charge in [0, 0.05) is 0 Å². The van der Waals surface area contributed by atoms with Crippen molar-refractivity contribution in [1.82, 2.24) is 0 Å². The van der Waals surface area contributed by atoms with Gasteiger partial charge in [-0.25, -0.2) is 4.79 Å². The predicted octanol–water partition coefficient (Wildman–Crippen LogP) is 3.64. The van der Waals surface area contributed by atoms with Crippen LogP contribution in [0.15, 0.2) is 48.5 Å². The van der Waals surface area contributed by atoms with Crippen molar-refractivity contribution in [2.24, 2.45) is 0 Å². The Hall–Kier alpha value is -2.49. The molecule has 0 heterocycles. The molecule has 0 radical (unpaired) electrons. The lowest BCUT2D eigenvalue weighted by Gasteiger charge is -2.11. The number of aryl methyl sites for hydroxylation is 1. The fourth-order valence-electron chi connectivity index (χ4n) is 1.58. The third-order valence-electron chi connectivity index (χ3n) is 2.74. The average molecular weight is 272 g/mol. The standard InChI is InChI=1S/C16H16O4/c1-11-3-5-14(6-4-11)20-15-9-7-13(8-10-15)19-12(2)16(17)18/h3-10,12H,1-2H3,(H,17,18). The first kappa shape index (κ1) is 13.9. The first-order valence-electron chi connectivity index (χ1n) is 6.28. The Labute approximate surface area is 117 Å². The second-order valence-corrected chi connectivity index (χ2v) is 4.48. The van der Waals surface area contributed by atoms with Gasteiger partial charge >= 0.3 is 5.97 Å². The second kappa shape index (κ2) is 6.10. The normalized spacial score (nSPS) is 11.7. The van der Waals surface area contributed by atoms with Crippen molar-refractivity contribution in [3.63, 3.8) is 0 Å². The highest BCUT2D eigenvalue weighted by Gasteiger charge is 2.12. The van der Waals surface area contributed by atoms with Crippen LogP contribution in [0.25, 0.3) is 0 Å². The maximum Gasteiger partial charge on any atom is 0.344 e. The third kappa shape index (κ3) is 3.75. The molecule has 4 nitrogen and oxygen atoms in total. The highest BCUT2D eigenvalue weighted by atomic mass is 16.5. The van der Waals surface area contributed by atoms with Gasteiger partial charge in [0.15, 0.2) is 6.10 Å². The summed E-state index contributed by atoms with van der Waals surface area (Å²) in [6, 6.07) is 14.6. The Morgan fingerprint density at radius 3 is 1.90 bits per heavy atom. The van der Waals surface area contributed by atoms with E-state index in [4.69, 9.17) is 14.6 Å². The monoisotopic (exact) mass is 272 g/mol. The van der Waals surface area contributed by atoms with E-state index in [-0.39, 0.29) is 0 Å². The molecule has 0 aromatic heterocycles. The van der Waals surface area contributed by atoms with Crippen LogP contribution in [0.1, 0.15) is 12.5 Å². The molecule has 0 saturated heterocycles. The van der Waals surface area contributed by atoms with Crippen molar-refractivity contribution >= 4 is 5.97 Å². The van der Waals surface area contributed by atoms with Crippen LogP contribution in [0, 0.1) is 6.92 Å². The molecule has 1 N–H and O–H groups in total. The molecule has 0 aliphatic heterocycles. The van der Waals surface area contributed by atoms with Crippen LogP contribution in [-0.4, -0.2) is 17.2 Å². The number of hydrogen-bond donors (Lipinski definition) is 1. The zero-order valence-electron chi connectivity index (χ0n) is 11.4. The molecule has 104 valence electrons. The molecule has 1 unspecified atom stereocenters. The van der Waals surface area contributed by atoms with E-state index in [1.54, 1.807) is 24.3 Å². The van der Waals surface area contributed by atoms with Crippen molar-refractivity contribution in [3.8, 4) is 17.2 Å². The maximum atomic E-state index is 10.7. The topological polar surface area (TPSA) is 55.8 Å². The van der Waals surface area contributed by atoms with Gasteiger partial charge in [0.25, 0.3) is 0 Å². The van der Waals surface area contributed by atoms with E-state index in [2.05, 4.69) is 0 Å². The van der Waals surface area contributed by atoms with Crippen molar-refractivity contribution in [1.29, 1.82) is 0 Å². The summed E-state index contributed by atoms with van der Waals surface area (Å²) in [5.41, 5.74) is 1.17. The summed E-state index contributed by atoms with van der Waals surface area (Å²) < 4.78 is 10.9. The van der Waals surface area contributed by atoms with Gasteiger partial charge in [-0.05, 0) is 50.2 Å². The number of carbonyl (C=O) groups is 1. The second-order valence-electron chi connectivity index (χ2n) is 4.48. The van der Waals surface area contributed by atoms with Crippen LogP contribution in [0.2, 0.25) is 0 Å². The van der Waals surface area contributed by atoms with Gasteiger partial charge in [-0.1, -0.05) is 17.7 Å². The molecule has 0 fully saturated rings. The summed E-state index contributed by atoms with van der Waals surface area (Å²) in [6.07, 6.45) is -0.876. The van der Waals surface area contributed by atoms with Crippen LogP contribution in [0.3, 0.4) is 0 Å². The number of ether oxygens (including phenoxy) is 2. The minimum atomic E-state index is -0.995. The molecule has 0 aliphatic rings. The van der Waals surface area contributed by atoms with E-state index in [1.807, 2.05) is 31.2 Å². The van der Waals surface area contributed by atoms with Crippen molar-refractivity contribution < 1.29 is 19.4 Å². The summed E-state index contributed by atoms with van der Waals surface area (Å²) in [6.45, 7) is 3.50. The Morgan fingerprint density at radius 2 is 1.40 bits per heavy atom. The zero-order chi connectivity index (χ0) is 14.5. The molecule has 0 saturated carbocycles. The lowest BCUT2D eigenvalue weighted by Crippen LogP contribution is -2.22. The molecule has 0 spiro atoms. The van der Waals surface area contributed by atoms with Crippen LogP contribution in [0.4, 0.5) is 0 Å². The average Bonchev–Trinajstić information content (AvgIpc) is 2.43. The van der Waals surface area contributed by atoms with Crippen LogP contribution < -0.4 is 9.47 Å². The minimum Gasteiger partial charge on any atom is -0.479 e. The van der Waals surface area contributed by atoms with Gasteiger partial charge in [-0.15, -0.1) is 0 Å². The third-order valence-corrected chi connectivity index (χ3v) is 2.74. The summed E-state index contributed by atoms with van der Waals surface area (Å²) in [7, 11) is 0. The summed E-state index contributed by atoms with van der Waals surface area (Å²) in [5.74, 6) is 0.925. The molecule has 0 amide bonds. The molecular weight excluding hydrogens is 256 g/mol. The van der Waals surface area contributed by atoms with Crippen molar-refractivity contribution in [2.45, 2.75) is 20.0 Å². The fourth-order valence-corrected chi connectivity index (χ4v) is 1.58. The minimum absolute atomic E-state index is 0.496. The van der Waals surface area contributed by atoms with Crippen LogP contribution in [-0.2, 0) is 4.79 Å². The molecule has 4 heteroatoms. The van der Waals surface area contributed by atoms with Gasteiger partial charge in [-0.3, -0.25) is 0 Å². The highest BCUT2D eigenvalue weighted by molar-refractivity contribution is 5.72. The van der Waals surface area contributed by atoms with E-state index in [9.17, 15) is 4.79 Å². The van der Waals surface area contributed by atoms with E-state index in [1.165, 1.54) is 12.5 Å². The first-order valence-corrected chi connectivity index (χ1v) is 6.28. The van der Waals surface area contributed by atoms with Crippen molar-refractivity contribution in [3.05, 3.63) is 54.1 Å². The van der Waals surface area contributed by atoms with Gasteiger partial charge in [0.1, 0.15) is 17.2 Å².